The van der Waals surface area contributed by atoms with Gasteiger partial charge in [-0.3, -0.25) is 14.3 Å². The third kappa shape index (κ3) is 2.97. The summed E-state index contributed by atoms with van der Waals surface area (Å²) < 4.78 is 5.97. The molecule has 1 aromatic rings. The zero-order chi connectivity index (χ0) is 12.1. The minimum atomic E-state index is -0.663. The van der Waals surface area contributed by atoms with Crippen LogP contribution in [0.5, 0.6) is 0 Å². The van der Waals surface area contributed by atoms with Gasteiger partial charge in [-0.2, -0.15) is 5.10 Å². The van der Waals surface area contributed by atoms with Crippen LogP contribution in [0.25, 0.3) is 0 Å². The van der Waals surface area contributed by atoms with E-state index in [9.17, 15) is 9.59 Å². The fourth-order valence-corrected chi connectivity index (χ4v) is 1.23. The molecule has 16 heavy (non-hydrogen) atoms. The number of rotatable bonds is 5. The van der Waals surface area contributed by atoms with Crippen LogP contribution in [0.15, 0.2) is 6.20 Å². The van der Waals surface area contributed by atoms with Crippen molar-refractivity contribution < 1.29 is 14.3 Å². The maximum Gasteiger partial charge on any atom is 0.305 e. The van der Waals surface area contributed by atoms with Crippen LogP contribution in [-0.4, -0.2) is 28.8 Å². The number of anilines is 1. The molecule has 0 radical (unpaired) electrons. The van der Waals surface area contributed by atoms with Crippen molar-refractivity contribution in [2.45, 2.75) is 19.4 Å². The van der Waals surface area contributed by atoms with Crippen molar-refractivity contribution in [3.8, 4) is 0 Å². The molecule has 0 bridgehead atoms. The molecule has 0 aliphatic rings. The topological polar surface area (TPSA) is 113 Å². The second kappa shape index (κ2) is 5.15. The molecule has 1 amide bonds. The number of aromatic nitrogens is 2. The summed E-state index contributed by atoms with van der Waals surface area (Å²) in [7, 11) is 1.33. The van der Waals surface area contributed by atoms with Crippen LogP contribution in [0.1, 0.15) is 23.3 Å². The van der Waals surface area contributed by atoms with E-state index in [4.69, 9.17) is 11.5 Å². The lowest BCUT2D eigenvalue weighted by Gasteiger charge is -2.00. The van der Waals surface area contributed by atoms with Gasteiger partial charge < -0.3 is 16.2 Å². The lowest BCUT2D eigenvalue weighted by molar-refractivity contribution is -0.140. The fourth-order valence-electron chi connectivity index (χ4n) is 1.23. The first-order chi connectivity index (χ1) is 7.54. The maximum atomic E-state index is 10.9. The summed E-state index contributed by atoms with van der Waals surface area (Å²) in [5, 5.41) is 3.90. The molecule has 0 aliphatic carbocycles. The predicted molar refractivity (Wildman–Crippen MR) is 56.4 cm³/mol. The lowest BCUT2D eigenvalue weighted by Crippen LogP contribution is -2.14. The van der Waals surface area contributed by atoms with Crippen molar-refractivity contribution in [2.75, 3.05) is 12.8 Å². The molecular weight excluding hydrogens is 212 g/mol. The minimum absolute atomic E-state index is 0.0538. The quantitative estimate of drug-likeness (QED) is 0.658. The monoisotopic (exact) mass is 226 g/mol. The molecule has 0 spiro atoms. The summed E-state index contributed by atoms with van der Waals surface area (Å²) in [6.07, 6.45) is 2.37. The van der Waals surface area contributed by atoms with E-state index in [0.717, 1.165) is 0 Å². The summed E-state index contributed by atoms with van der Waals surface area (Å²) in [5.74, 6) is -0.945. The van der Waals surface area contributed by atoms with E-state index in [1.807, 2.05) is 0 Å². The van der Waals surface area contributed by atoms with Gasteiger partial charge in [-0.15, -0.1) is 0 Å². The Bertz CT molecular complexity index is 399. The van der Waals surface area contributed by atoms with Gasteiger partial charge in [0, 0.05) is 19.2 Å². The van der Waals surface area contributed by atoms with E-state index in [-0.39, 0.29) is 17.4 Å². The van der Waals surface area contributed by atoms with Crippen molar-refractivity contribution in [3.05, 3.63) is 11.9 Å². The molecule has 0 saturated carbocycles. The highest BCUT2D eigenvalue weighted by Gasteiger charge is 2.11. The summed E-state index contributed by atoms with van der Waals surface area (Å²) in [6.45, 7) is 0.479. The van der Waals surface area contributed by atoms with Gasteiger partial charge in [0.05, 0.1) is 12.8 Å². The van der Waals surface area contributed by atoms with Crippen LogP contribution in [0.4, 0.5) is 5.69 Å². The van der Waals surface area contributed by atoms with E-state index in [0.29, 0.717) is 19.4 Å². The van der Waals surface area contributed by atoms with Gasteiger partial charge in [0.15, 0.2) is 5.69 Å². The van der Waals surface area contributed by atoms with Crippen molar-refractivity contribution in [1.82, 2.24) is 9.78 Å². The van der Waals surface area contributed by atoms with Gasteiger partial charge in [0.1, 0.15) is 0 Å². The Morgan fingerprint density at radius 1 is 1.56 bits per heavy atom. The Balaban J connectivity index is 2.52. The molecule has 88 valence electrons. The van der Waals surface area contributed by atoms with Crippen LogP contribution in [0.2, 0.25) is 0 Å². The number of primary amides is 1. The first-order valence-electron chi connectivity index (χ1n) is 4.74. The standard InChI is InChI=1S/C9H14N4O3/c1-16-7(14)3-2-4-13-5-6(10)8(12-13)9(11)15/h5H,2-4,10H2,1H3,(H2,11,15). The molecule has 1 aromatic heterocycles. The van der Waals surface area contributed by atoms with Crippen LogP contribution >= 0.6 is 0 Å². The van der Waals surface area contributed by atoms with Gasteiger partial charge in [-0.25, -0.2) is 0 Å². The van der Waals surface area contributed by atoms with Gasteiger partial charge in [0.2, 0.25) is 0 Å². The molecule has 7 nitrogen and oxygen atoms in total. The molecular formula is C9H14N4O3. The van der Waals surface area contributed by atoms with Gasteiger partial charge >= 0.3 is 5.97 Å². The number of esters is 1. The van der Waals surface area contributed by atoms with Gasteiger partial charge in [0.25, 0.3) is 5.91 Å². The number of nitrogens with two attached hydrogens (primary N) is 2. The lowest BCUT2D eigenvalue weighted by atomic mass is 10.3. The van der Waals surface area contributed by atoms with Gasteiger partial charge in [-0.05, 0) is 6.42 Å². The predicted octanol–water partition coefficient (Wildman–Crippen LogP) is -0.483. The highest BCUT2D eigenvalue weighted by Crippen LogP contribution is 2.08. The van der Waals surface area contributed by atoms with Gasteiger partial charge in [-0.1, -0.05) is 0 Å². The summed E-state index contributed by atoms with van der Waals surface area (Å²) in [6, 6.07) is 0. The second-order valence-corrected chi connectivity index (χ2v) is 3.24. The number of carbonyl (C=O) groups is 2. The Morgan fingerprint density at radius 3 is 2.75 bits per heavy atom. The zero-order valence-electron chi connectivity index (χ0n) is 8.97. The molecule has 4 N–H and O–H groups in total. The van der Waals surface area contributed by atoms with Crippen LogP contribution in [0, 0.1) is 0 Å². The summed E-state index contributed by atoms with van der Waals surface area (Å²) >= 11 is 0. The molecule has 0 saturated heterocycles. The van der Waals surface area contributed by atoms with E-state index in [1.165, 1.54) is 18.0 Å². The van der Waals surface area contributed by atoms with E-state index in [2.05, 4.69) is 9.84 Å². The largest absolute Gasteiger partial charge is 0.469 e. The molecule has 1 rings (SSSR count). The number of amides is 1. The van der Waals surface area contributed by atoms with Crippen molar-refractivity contribution >= 4 is 17.6 Å². The molecule has 0 atom stereocenters. The highest BCUT2D eigenvalue weighted by molar-refractivity contribution is 5.95. The first kappa shape index (κ1) is 12.0. The third-order valence-corrected chi connectivity index (χ3v) is 2.02. The number of nitrogen functional groups attached to an aromatic ring is 1. The first-order valence-corrected chi connectivity index (χ1v) is 4.74. The number of hydrogen-bond acceptors (Lipinski definition) is 5. The third-order valence-electron chi connectivity index (χ3n) is 2.02. The molecule has 0 aliphatic heterocycles. The maximum absolute atomic E-state index is 10.9. The Hall–Kier alpha value is -2.05. The normalized spacial score (nSPS) is 10.1. The molecule has 1 heterocycles. The number of carbonyl (C=O) groups excluding carboxylic acids is 2. The van der Waals surface area contributed by atoms with Crippen molar-refractivity contribution in [2.24, 2.45) is 5.73 Å². The number of methoxy groups -OCH3 is 1. The summed E-state index contributed by atoms with van der Waals surface area (Å²) in [4.78, 5) is 21.7. The van der Waals surface area contributed by atoms with E-state index < -0.39 is 5.91 Å². The van der Waals surface area contributed by atoms with Crippen molar-refractivity contribution in [1.29, 1.82) is 0 Å². The average Bonchev–Trinajstić information content (AvgIpc) is 2.59. The Kier molecular flexibility index (Phi) is 3.87. The second-order valence-electron chi connectivity index (χ2n) is 3.24. The molecule has 0 fully saturated rings. The summed E-state index contributed by atoms with van der Waals surface area (Å²) in [5.41, 5.74) is 10.9. The van der Waals surface area contributed by atoms with Crippen LogP contribution < -0.4 is 11.5 Å². The van der Waals surface area contributed by atoms with E-state index in [1.54, 1.807) is 0 Å². The van der Waals surface area contributed by atoms with Crippen LogP contribution in [0.3, 0.4) is 0 Å². The van der Waals surface area contributed by atoms with Crippen LogP contribution in [-0.2, 0) is 16.1 Å². The minimum Gasteiger partial charge on any atom is -0.469 e. The Morgan fingerprint density at radius 2 is 2.25 bits per heavy atom. The zero-order valence-corrected chi connectivity index (χ0v) is 8.97. The number of aryl methyl sites for hydroxylation is 1. The fraction of sp³-hybridized carbons (Fsp3) is 0.444. The number of hydrogen-bond donors (Lipinski definition) is 2. The number of nitrogens with zero attached hydrogens (tertiary/aromatic N) is 2. The average molecular weight is 226 g/mol. The molecule has 0 aromatic carbocycles. The Labute approximate surface area is 92.3 Å². The SMILES string of the molecule is COC(=O)CCCn1cc(N)c(C(N)=O)n1. The number of ether oxygens (including phenoxy) is 1. The smallest absolute Gasteiger partial charge is 0.305 e. The van der Waals surface area contributed by atoms with Crippen molar-refractivity contribution in [3.63, 3.8) is 0 Å². The molecule has 7 heteroatoms. The van der Waals surface area contributed by atoms with E-state index >= 15 is 0 Å². The molecule has 0 unspecified atom stereocenters. The highest BCUT2D eigenvalue weighted by atomic mass is 16.5.